The van der Waals surface area contributed by atoms with E-state index >= 15 is 0 Å². The van der Waals surface area contributed by atoms with Crippen LogP contribution in [-0.2, 0) is 12.8 Å². The van der Waals surface area contributed by atoms with Crippen molar-refractivity contribution in [2.45, 2.75) is 39.2 Å². The molecule has 3 rings (SSSR count). The second-order valence-electron chi connectivity index (χ2n) is 5.60. The highest BCUT2D eigenvalue weighted by molar-refractivity contribution is 5.87. The van der Waals surface area contributed by atoms with Crippen molar-refractivity contribution < 1.29 is 9.90 Å². The van der Waals surface area contributed by atoms with Crippen molar-refractivity contribution >= 4 is 5.97 Å². The van der Waals surface area contributed by atoms with Crippen molar-refractivity contribution in [1.82, 2.24) is 9.78 Å². The average molecular weight is 270 g/mol. The molecule has 20 heavy (non-hydrogen) atoms. The van der Waals surface area contributed by atoms with E-state index in [2.05, 4.69) is 23.3 Å². The Morgan fingerprint density at radius 3 is 2.70 bits per heavy atom. The third-order valence-electron chi connectivity index (χ3n) is 3.84. The van der Waals surface area contributed by atoms with Crippen molar-refractivity contribution in [3.05, 3.63) is 41.1 Å². The van der Waals surface area contributed by atoms with Crippen LogP contribution in [0.3, 0.4) is 0 Å². The maximum absolute atomic E-state index is 11.1. The summed E-state index contributed by atoms with van der Waals surface area (Å²) in [7, 11) is 0. The van der Waals surface area contributed by atoms with Crippen molar-refractivity contribution in [2.75, 3.05) is 0 Å². The van der Waals surface area contributed by atoms with Crippen LogP contribution in [0.15, 0.2) is 24.3 Å². The Kier molecular flexibility index (Phi) is 3.08. The third kappa shape index (κ3) is 2.11. The molecule has 0 saturated heterocycles. The Morgan fingerprint density at radius 1 is 1.25 bits per heavy atom. The molecule has 0 saturated carbocycles. The van der Waals surface area contributed by atoms with Crippen LogP contribution in [-0.4, -0.2) is 20.9 Å². The van der Waals surface area contributed by atoms with Crippen molar-refractivity contribution in [3.8, 4) is 11.3 Å². The number of hydrogen-bond donors (Lipinski definition) is 1. The highest BCUT2D eigenvalue weighted by Crippen LogP contribution is 2.29. The first kappa shape index (κ1) is 12.9. The first-order valence-corrected chi connectivity index (χ1v) is 7.01. The quantitative estimate of drug-likeness (QED) is 0.930. The van der Waals surface area contributed by atoms with E-state index in [1.807, 2.05) is 13.8 Å². The topological polar surface area (TPSA) is 55.1 Å². The predicted molar refractivity (Wildman–Crippen MR) is 77.0 cm³/mol. The number of rotatable bonds is 3. The second-order valence-corrected chi connectivity index (χ2v) is 5.60. The molecule has 0 amide bonds. The number of aryl methyl sites for hydroxylation is 2. The highest BCUT2D eigenvalue weighted by Gasteiger charge is 2.18. The Labute approximate surface area is 118 Å². The van der Waals surface area contributed by atoms with Gasteiger partial charge in [0, 0.05) is 11.6 Å². The van der Waals surface area contributed by atoms with Crippen molar-refractivity contribution in [2.24, 2.45) is 0 Å². The highest BCUT2D eigenvalue weighted by atomic mass is 16.4. The Hall–Kier alpha value is -2.10. The lowest BCUT2D eigenvalue weighted by molar-refractivity contribution is 0.0689. The van der Waals surface area contributed by atoms with Crippen LogP contribution in [0.4, 0.5) is 0 Å². The molecule has 1 aromatic carbocycles. The van der Waals surface area contributed by atoms with Gasteiger partial charge in [-0.15, -0.1) is 0 Å². The summed E-state index contributed by atoms with van der Waals surface area (Å²) in [4.78, 5) is 11.1. The molecule has 2 aromatic rings. The summed E-state index contributed by atoms with van der Waals surface area (Å²) in [6, 6.07) is 8.22. The molecule has 0 unspecified atom stereocenters. The molecule has 0 bridgehead atoms. The largest absolute Gasteiger partial charge is 0.476 e. The van der Waals surface area contributed by atoms with Gasteiger partial charge in [-0.25, -0.2) is 4.79 Å². The number of hydrogen-bond acceptors (Lipinski definition) is 2. The van der Waals surface area contributed by atoms with E-state index in [4.69, 9.17) is 5.11 Å². The van der Waals surface area contributed by atoms with E-state index in [9.17, 15) is 4.79 Å². The summed E-state index contributed by atoms with van der Waals surface area (Å²) in [5.41, 5.74) is 4.85. The molecule has 0 spiro atoms. The van der Waals surface area contributed by atoms with E-state index in [-0.39, 0.29) is 11.7 Å². The fourth-order valence-corrected chi connectivity index (χ4v) is 2.84. The first-order valence-electron chi connectivity index (χ1n) is 7.01. The summed E-state index contributed by atoms with van der Waals surface area (Å²) in [5, 5.41) is 13.3. The summed E-state index contributed by atoms with van der Waals surface area (Å²) < 4.78 is 1.79. The molecule has 0 radical (unpaired) electrons. The number of benzene rings is 1. The Morgan fingerprint density at radius 2 is 2.00 bits per heavy atom. The number of fused-ring (bicyclic) bond motifs is 1. The van der Waals surface area contributed by atoms with Gasteiger partial charge in [0.2, 0.25) is 0 Å². The molecule has 1 aliphatic carbocycles. The van der Waals surface area contributed by atoms with Crippen LogP contribution in [0.1, 0.15) is 47.9 Å². The van der Waals surface area contributed by atoms with Gasteiger partial charge in [0.15, 0.2) is 5.69 Å². The Bertz CT molecular complexity index is 671. The van der Waals surface area contributed by atoms with Gasteiger partial charge in [0.05, 0.1) is 5.69 Å². The lowest BCUT2D eigenvalue weighted by Gasteiger charge is -2.12. The predicted octanol–water partition coefficient (Wildman–Crippen LogP) is 3.32. The van der Waals surface area contributed by atoms with E-state index in [0.717, 1.165) is 24.1 Å². The van der Waals surface area contributed by atoms with Crippen LogP contribution in [0.5, 0.6) is 0 Å². The monoisotopic (exact) mass is 270 g/mol. The third-order valence-corrected chi connectivity index (χ3v) is 3.84. The summed E-state index contributed by atoms with van der Waals surface area (Å²) >= 11 is 0. The minimum atomic E-state index is -0.980. The maximum atomic E-state index is 11.1. The van der Waals surface area contributed by atoms with E-state index in [1.165, 1.54) is 17.5 Å². The van der Waals surface area contributed by atoms with Crippen LogP contribution in [0.25, 0.3) is 11.3 Å². The number of aromatic carboxylic acids is 1. The van der Waals surface area contributed by atoms with Gasteiger partial charge in [-0.05, 0) is 56.4 Å². The smallest absolute Gasteiger partial charge is 0.356 e. The van der Waals surface area contributed by atoms with Gasteiger partial charge in [-0.2, -0.15) is 5.10 Å². The van der Waals surface area contributed by atoms with Crippen LogP contribution >= 0.6 is 0 Å². The SMILES string of the molecule is CC(C)n1nc(C(=O)O)cc1-c1ccc2c(c1)CCC2. The molecule has 4 nitrogen and oxygen atoms in total. The first-order chi connectivity index (χ1) is 9.56. The zero-order valence-corrected chi connectivity index (χ0v) is 11.8. The molecule has 104 valence electrons. The molecular formula is C16H18N2O2. The van der Waals surface area contributed by atoms with E-state index < -0.39 is 5.97 Å². The molecule has 0 atom stereocenters. The maximum Gasteiger partial charge on any atom is 0.356 e. The van der Waals surface area contributed by atoms with Crippen LogP contribution < -0.4 is 0 Å². The molecule has 1 N–H and O–H groups in total. The van der Waals surface area contributed by atoms with Gasteiger partial charge < -0.3 is 5.11 Å². The lowest BCUT2D eigenvalue weighted by Crippen LogP contribution is -2.06. The van der Waals surface area contributed by atoms with Crippen molar-refractivity contribution in [1.29, 1.82) is 0 Å². The molecule has 1 aliphatic rings. The second kappa shape index (κ2) is 4.78. The number of carbonyl (C=O) groups is 1. The number of nitrogens with zero attached hydrogens (tertiary/aromatic N) is 2. The molecule has 0 fully saturated rings. The summed E-state index contributed by atoms with van der Waals surface area (Å²) in [6.45, 7) is 4.02. The number of carboxylic acids is 1. The van der Waals surface area contributed by atoms with Crippen LogP contribution in [0, 0.1) is 0 Å². The van der Waals surface area contributed by atoms with Crippen molar-refractivity contribution in [3.63, 3.8) is 0 Å². The lowest BCUT2D eigenvalue weighted by atomic mass is 10.0. The van der Waals surface area contributed by atoms with Gasteiger partial charge >= 0.3 is 5.97 Å². The fraction of sp³-hybridized carbons (Fsp3) is 0.375. The Balaban J connectivity index is 2.11. The minimum absolute atomic E-state index is 0.106. The standard InChI is InChI=1S/C16H18N2O2/c1-10(2)18-15(9-14(17-18)16(19)20)13-7-6-11-4-3-5-12(11)8-13/h6-10H,3-5H2,1-2H3,(H,19,20). The summed E-state index contributed by atoms with van der Waals surface area (Å²) in [5.74, 6) is -0.980. The molecular weight excluding hydrogens is 252 g/mol. The number of aromatic nitrogens is 2. The van der Waals surface area contributed by atoms with Crippen LogP contribution in [0.2, 0.25) is 0 Å². The average Bonchev–Trinajstić information content (AvgIpc) is 3.04. The van der Waals surface area contributed by atoms with Gasteiger partial charge in [-0.3, -0.25) is 4.68 Å². The molecule has 0 aliphatic heterocycles. The molecule has 1 aromatic heterocycles. The summed E-state index contributed by atoms with van der Waals surface area (Å²) in [6.07, 6.45) is 3.48. The van der Waals surface area contributed by atoms with Gasteiger partial charge in [0.25, 0.3) is 0 Å². The van der Waals surface area contributed by atoms with E-state index in [0.29, 0.717) is 0 Å². The minimum Gasteiger partial charge on any atom is -0.476 e. The normalized spacial score (nSPS) is 13.8. The van der Waals surface area contributed by atoms with Gasteiger partial charge in [0.1, 0.15) is 0 Å². The zero-order valence-electron chi connectivity index (χ0n) is 11.8. The fourth-order valence-electron chi connectivity index (χ4n) is 2.84. The number of carboxylic acid groups (broad SMARTS) is 1. The van der Waals surface area contributed by atoms with E-state index in [1.54, 1.807) is 10.7 Å². The molecule has 1 heterocycles. The van der Waals surface area contributed by atoms with Gasteiger partial charge in [-0.1, -0.05) is 12.1 Å². The zero-order chi connectivity index (χ0) is 14.3. The molecule has 4 heteroatoms.